The van der Waals surface area contributed by atoms with Crippen LogP contribution in [0.25, 0.3) is 0 Å². The third-order valence-electron chi connectivity index (χ3n) is 3.21. The molecule has 0 amide bonds. The number of nitrogens with zero attached hydrogens (tertiary/aromatic N) is 1. The molecular weight excluding hydrogens is 364 g/mol. The monoisotopic (exact) mass is 380 g/mol. The first-order chi connectivity index (χ1) is 9.90. The molecule has 1 fully saturated rings. The van der Waals surface area contributed by atoms with Crippen LogP contribution in [0.5, 0.6) is 5.75 Å². The van der Waals surface area contributed by atoms with Gasteiger partial charge in [0.05, 0.1) is 26.4 Å². The van der Waals surface area contributed by atoms with Gasteiger partial charge in [-0.1, -0.05) is 0 Å². The normalized spacial score (nSPS) is 20.4. The molecule has 1 aromatic carbocycles. The smallest absolute Gasteiger partial charge is 0.247 e. The number of halogens is 1. The van der Waals surface area contributed by atoms with E-state index in [1.54, 1.807) is 0 Å². The number of nitrogen functional groups attached to an aromatic ring is 1. The Morgan fingerprint density at radius 1 is 1.57 bits per heavy atom. The van der Waals surface area contributed by atoms with E-state index in [1.165, 1.54) is 23.5 Å². The van der Waals surface area contributed by atoms with Crippen LogP contribution in [0.15, 0.2) is 21.5 Å². The maximum Gasteiger partial charge on any atom is 0.247 e. The van der Waals surface area contributed by atoms with Crippen molar-refractivity contribution < 1.29 is 23.0 Å². The highest BCUT2D eigenvalue weighted by molar-refractivity contribution is 9.10. The molecule has 7 nitrogen and oxygen atoms in total. The topological polar surface area (TPSA) is 102 Å². The molecule has 1 aromatic rings. The van der Waals surface area contributed by atoms with Crippen LogP contribution < -0.4 is 10.5 Å². The van der Waals surface area contributed by atoms with E-state index in [0.29, 0.717) is 10.2 Å². The van der Waals surface area contributed by atoms with Crippen molar-refractivity contribution in [3.63, 3.8) is 0 Å². The fourth-order valence-electron chi connectivity index (χ4n) is 2.07. The van der Waals surface area contributed by atoms with Crippen LogP contribution in [0.4, 0.5) is 5.69 Å². The standard InChI is InChI=1S/C12H17BrN2O5S/c1-19-11-4-9(13)10(14)5-12(11)21(17,18)15-2-3-20-8(6-15)7-16/h4-5,8,16H,2-3,6-7,14H2,1H3. The summed E-state index contributed by atoms with van der Waals surface area (Å²) >= 11 is 3.24. The third kappa shape index (κ3) is 3.32. The van der Waals surface area contributed by atoms with Gasteiger partial charge < -0.3 is 20.3 Å². The number of rotatable bonds is 4. The molecule has 0 spiro atoms. The number of aliphatic hydroxyl groups is 1. The van der Waals surface area contributed by atoms with Gasteiger partial charge in [0.15, 0.2) is 0 Å². The Hall–Kier alpha value is -0.870. The molecule has 118 valence electrons. The lowest BCUT2D eigenvalue weighted by Gasteiger charge is -2.31. The van der Waals surface area contributed by atoms with E-state index in [9.17, 15) is 8.42 Å². The van der Waals surface area contributed by atoms with Gasteiger partial charge in [0.1, 0.15) is 10.6 Å². The molecule has 9 heteroatoms. The van der Waals surface area contributed by atoms with Crippen LogP contribution in [0.2, 0.25) is 0 Å². The van der Waals surface area contributed by atoms with Crippen LogP contribution in [0.3, 0.4) is 0 Å². The minimum Gasteiger partial charge on any atom is -0.495 e. The van der Waals surface area contributed by atoms with E-state index in [-0.39, 0.29) is 36.9 Å². The quantitative estimate of drug-likeness (QED) is 0.733. The fraction of sp³-hybridized carbons (Fsp3) is 0.500. The van der Waals surface area contributed by atoms with Crippen molar-refractivity contribution in [3.05, 3.63) is 16.6 Å². The number of nitrogens with two attached hydrogens (primary N) is 1. The summed E-state index contributed by atoms with van der Waals surface area (Å²) in [5.74, 6) is 0.211. The summed E-state index contributed by atoms with van der Waals surface area (Å²) in [5, 5.41) is 9.13. The van der Waals surface area contributed by atoms with E-state index in [0.717, 1.165) is 0 Å². The molecule has 0 aromatic heterocycles. The fourth-order valence-corrected chi connectivity index (χ4v) is 4.02. The second-order valence-electron chi connectivity index (χ2n) is 4.56. The first kappa shape index (κ1) is 16.5. The zero-order valence-electron chi connectivity index (χ0n) is 11.5. The van der Waals surface area contributed by atoms with E-state index in [2.05, 4.69) is 15.9 Å². The molecule has 2 rings (SSSR count). The molecule has 0 saturated carbocycles. The van der Waals surface area contributed by atoms with E-state index in [1.807, 2.05) is 0 Å². The molecule has 1 unspecified atom stereocenters. The van der Waals surface area contributed by atoms with Crippen LogP contribution in [0, 0.1) is 0 Å². The minimum atomic E-state index is -3.77. The Morgan fingerprint density at radius 3 is 2.90 bits per heavy atom. The van der Waals surface area contributed by atoms with Crippen LogP contribution in [0.1, 0.15) is 0 Å². The van der Waals surface area contributed by atoms with Gasteiger partial charge >= 0.3 is 0 Å². The number of anilines is 1. The van der Waals surface area contributed by atoms with Crippen molar-refractivity contribution in [1.29, 1.82) is 0 Å². The number of hydrogen-bond donors (Lipinski definition) is 2. The number of benzene rings is 1. The number of aliphatic hydroxyl groups excluding tert-OH is 1. The molecule has 0 radical (unpaired) electrons. The largest absolute Gasteiger partial charge is 0.495 e. The Morgan fingerprint density at radius 2 is 2.29 bits per heavy atom. The maximum absolute atomic E-state index is 12.7. The predicted molar refractivity (Wildman–Crippen MR) is 80.7 cm³/mol. The second kappa shape index (κ2) is 6.49. The predicted octanol–water partition coefficient (Wildman–Crippen LogP) is 0.422. The zero-order chi connectivity index (χ0) is 15.6. The van der Waals surface area contributed by atoms with Crippen LogP contribution in [-0.2, 0) is 14.8 Å². The Bertz CT molecular complexity index is 622. The highest BCUT2D eigenvalue weighted by Gasteiger charge is 2.33. The number of sulfonamides is 1. The molecule has 1 saturated heterocycles. The maximum atomic E-state index is 12.7. The van der Waals surface area contributed by atoms with Crippen molar-refractivity contribution in [2.24, 2.45) is 0 Å². The van der Waals surface area contributed by atoms with Crippen molar-refractivity contribution in [1.82, 2.24) is 4.31 Å². The van der Waals surface area contributed by atoms with E-state index >= 15 is 0 Å². The molecule has 21 heavy (non-hydrogen) atoms. The van der Waals surface area contributed by atoms with Crippen molar-refractivity contribution in [3.8, 4) is 5.75 Å². The van der Waals surface area contributed by atoms with E-state index in [4.69, 9.17) is 20.3 Å². The molecular formula is C12H17BrN2O5S. The summed E-state index contributed by atoms with van der Waals surface area (Å²) < 4.78 is 37.7. The third-order valence-corrected chi connectivity index (χ3v) is 5.78. The highest BCUT2D eigenvalue weighted by Crippen LogP contribution is 2.34. The lowest BCUT2D eigenvalue weighted by Crippen LogP contribution is -2.46. The van der Waals surface area contributed by atoms with Crippen molar-refractivity contribution in [2.45, 2.75) is 11.0 Å². The SMILES string of the molecule is COc1cc(Br)c(N)cc1S(=O)(=O)N1CCOC(CO)C1. The van der Waals surface area contributed by atoms with Crippen molar-refractivity contribution in [2.75, 3.05) is 39.1 Å². The first-order valence-corrected chi connectivity index (χ1v) is 8.49. The molecule has 1 atom stereocenters. The summed E-state index contributed by atoms with van der Waals surface area (Å²) in [4.78, 5) is 0.00397. The average molecular weight is 381 g/mol. The zero-order valence-corrected chi connectivity index (χ0v) is 13.9. The van der Waals surface area contributed by atoms with Gasteiger partial charge in [0, 0.05) is 23.2 Å². The number of methoxy groups -OCH3 is 1. The molecule has 0 aliphatic carbocycles. The van der Waals surface area contributed by atoms with Gasteiger partial charge in [-0.25, -0.2) is 8.42 Å². The summed E-state index contributed by atoms with van der Waals surface area (Å²) in [6, 6.07) is 2.88. The van der Waals surface area contributed by atoms with Gasteiger partial charge in [-0.3, -0.25) is 0 Å². The van der Waals surface area contributed by atoms with Gasteiger partial charge in [-0.15, -0.1) is 0 Å². The minimum absolute atomic E-state index is 0.00397. The second-order valence-corrected chi connectivity index (χ2v) is 7.32. The Kier molecular flexibility index (Phi) is 5.10. The van der Waals surface area contributed by atoms with E-state index < -0.39 is 16.1 Å². The van der Waals surface area contributed by atoms with Gasteiger partial charge in [-0.05, 0) is 28.1 Å². The van der Waals surface area contributed by atoms with Gasteiger partial charge in [0.2, 0.25) is 10.0 Å². The number of morpholine rings is 1. The van der Waals surface area contributed by atoms with Gasteiger partial charge in [-0.2, -0.15) is 4.31 Å². The highest BCUT2D eigenvalue weighted by atomic mass is 79.9. The molecule has 3 N–H and O–H groups in total. The first-order valence-electron chi connectivity index (χ1n) is 6.25. The molecule has 1 aliphatic rings. The number of hydrogen-bond acceptors (Lipinski definition) is 6. The summed E-state index contributed by atoms with van der Waals surface area (Å²) in [6.07, 6.45) is -0.521. The van der Waals surface area contributed by atoms with Crippen LogP contribution in [-0.4, -0.2) is 57.3 Å². The summed E-state index contributed by atoms with van der Waals surface area (Å²) in [6.45, 7) is 0.320. The molecule has 0 bridgehead atoms. The molecule has 1 aliphatic heterocycles. The van der Waals surface area contributed by atoms with Gasteiger partial charge in [0.25, 0.3) is 0 Å². The van der Waals surface area contributed by atoms with Crippen LogP contribution >= 0.6 is 15.9 Å². The number of ether oxygens (including phenoxy) is 2. The Labute approximate surface area is 131 Å². The van der Waals surface area contributed by atoms with Crippen molar-refractivity contribution >= 4 is 31.6 Å². The lowest BCUT2D eigenvalue weighted by molar-refractivity contribution is -0.0304. The summed E-state index contributed by atoms with van der Waals surface area (Å²) in [7, 11) is -2.38. The Balaban J connectivity index is 2.41. The summed E-state index contributed by atoms with van der Waals surface area (Å²) in [5.41, 5.74) is 6.08. The lowest BCUT2D eigenvalue weighted by atomic mass is 10.3. The molecule has 1 heterocycles. The average Bonchev–Trinajstić information content (AvgIpc) is 2.49.